The van der Waals surface area contributed by atoms with Gasteiger partial charge in [0.05, 0.1) is 0 Å². The molecule has 0 aliphatic rings. The molecule has 0 rings (SSSR count). The standard InChI is InChI=1S/Ca.Fe.Mg.Na. The predicted octanol–water partition coefficient (Wildman–Crippen LogP) is -1.14. The minimum Gasteiger partial charge on any atom is 0 e. The van der Waals surface area contributed by atoms with Gasteiger partial charge < -0.3 is 0 Å². The van der Waals surface area contributed by atoms with Crippen LogP contribution in [-0.4, -0.2) is 90.3 Å². The van der Waals surface area contributed by atoms with Crippen molar-refractivity contribution < 1.29 is 17.1 Å². The maximum atomic E-state index is 0. The summed E-state index contributed by atoms with van der Waals surface area (Å²) in [6.45, 7) is 0. The fourth-order valence-electron chi connectivity index (χ4n) is 0. The Morgan fingerprint density at radius 3 is 1.00 bits per heavy atom. The fraction of sp³-hybridized carbons (Fsp3) is 0. The molecule has 0 spiro atoms. The van der Waals surface area contributed by atoms with E-state index in [1.807, 2.05) is 0 Å². The molecule has 0 saturated heterocycles. The van der Waals surface area contributed by atoms with Gasteiger partial charge in [-0.3, -0.25) is 0 Å². The van der Waals surface area contributed by atoms with Crippen molar-refractivity contribution in [3.05, 3.63) is 0 Å². The van der Waals surface area contributed by atoms with Gasteiger partial charge in [-0.1, -0.05) is 0 Å². The van der Waals surface area contributed by atoms with Crippen LogP contribution < -0.4 is 0 Å². The van der Waals surface area contributed by atoms with Crippen LogP contribution in [0, 0.1) is 0 Å². The van der Waals surface area contributed by atoms with Crippen molar-refractivity contribution >= 4 is 90.3 Å². The minimum atomic E-state index is 0. The molecule has 13 valence electrons. The Kier molecular flexibility index (Phi) is 103. The molecule has 0 aromatic rings. The van der Waals surface area contributed by atoms with Crippen molar-refractivity contribution in [3.8, 4) is 0 Å². The van der Waals surface area contributed by atoms with Gasteiger partial charge in [-0.25, -0.2) is 0 Å². The molecule has 0 saturated carbocycles. The third-order valence-corrected chi connectivity index (χ3v) is 0. The van der Waals surface area contributed by atoms with E-state index in [4.69, 9.17) is 0 Å². The van der Waals surface area contributed by atoms with E-state index in [1.54, 1.807) is 0 Å². The summed E-state index contributed by atoms with van der Waals surface area (Å²) in [5, 5.41) is 0. The summed E-state index contributed by atoms with van der Waals surface area (Å²) in [5.41, 5.74) is 0. The zero-order chi connectivity index (χ0) is 0. The molecule has 0 fully saturated rings. The molecule has 0 heterocycles. The van der Waals surface area contributed by atoms with E-state index < -0.39 is 0 Å². The normalized spacial score (nSPS) is 0. The van der Waals surface area contributed by atoms with Crippen molar-refractivity contribution in [3.63, 3.8) is 0 Å². The Bertz CT molecular complexity index is 8.00. The van der Waals surface area contributed by atoms with Crippen LogP contribution in [0.3, 0.4) is 0 Å². The second-order valence-corrected chi connectivity index (χ2v) is 0. The first kappa shape index (κ1) is 25.7. The van der Waals surface area contributed by atoms with E-state index in [0.717, 1.165) is 0 Å². The molecule has 5 radical (unpaired) electrons. The largest absolute Gasteiger partial charge is 0 e. The fourth-order valence-corrected chi connectivity index (χ4v) is 0. The van der Waals surface area contributed by atoms with Gasteiger partial charge in [-0.2, -0.15) is 0 Å². The third-order valence-electron chi connectivity index (χ3n) is 0. The van der Waals surface area contributed by atoms with Crippen molar-refractivity contribution in [2.75, 3.05) is 0 Å². The molecule has 0 aliphatic carbocycles. The van der Waals surface area contributed by atoms with Crippen LogP contribution in [0.5, 0.6) is 0 Å². The Morgan fingerprint density at radius 2 is 1.00 bits per heavy atom. The molecule has 0 nitrogen and oxygen atoms in total. The van der Waals surface area contributed by atoms with E-state index in [0.29, 0.717) is 0 Å². The monoisotopic (exact) mass is 143 g/mol. The van der Waals surface area contributed by atoms with Crippen LogP contribution in [-0.2, 0) is 17.1 Å². The van der Waals surface area contributed by atoms with Crippen LogP contribution in [0.2, 0.25) is 0 Å². The second kappa shape index (κ2) is 16.0. The molecule has 4 heavy (non-hydrogen) atoms. The van der Waals surface area contributed by atoms with Gasteiger partial charge in [-0.15, -0.1) is 0 Å². The molecule has 0 bridgehead atoms. The number of hydrogen-bond acceptors (Lipinski definition) is 0. The Balaban J connectivity index is 0. The molecule has 4 heteroatoms. The molecule has 0 aromatic heterocycles. The van der Waals surface area contributed by atoms with Crippen LogP contribution in [0.1, 0.15) is 0 Å². The quantitative estimate of drug-likeness (QED) is 0.376. The molecule has 0 aromatic carbocycles. The molecule has 0 amide bonds. The molecule has 0 aliphatic heterocycles. The van der Waals surface area contributed by atoms with Crippen molar-refractivity contribution in [1.29, 1.82) is 0 Å². The summed E-state index contributed by atoms with van der Waals surface area (Å²) >= 11 is 0. The smallest absolute Gasteiger partial charge is 0 e. The van der Waals surface area contributed by atoms with Crippen molar-refractivity contribution in [2.45, 2.75) is 0 Å². The van der Waals surface area contributed by atoms with Crippen molar-refractivity contribution in [2.24, 2.45) is 0 Å². The summed E-state index contributed by atoms with van der Waals surface area (Å²) < 4.78 is 0. The van der Waals surface area contributed by atoms with E-state index in [-0.39, 0.29) is 107 Å². The number of rotatable bonds is 0. The van der Waals surface area contributed by atoms with Crippen LogP contribution in [0.15, 0.2) is 0 Å². The van der Waals surface area contributed by atoms with Gasteiger partial charge >= 0.3 is 0 Å². The Morgan fingerprint density at radius 1 is 1.00 bits per heavy atom. The van der Waals surface area contributed by atoms with Gasteiger partial charge in [0.25, 0.3) is 0 Å². The van der Waals surface area contributed by atoms with E-state index in [2.05, 4.69) is 0 Å². The summed E-state index contributed by atoms with van der Waals surface area (Å²) in [7, 11) is 0. The SMILES string of the molecule is [Ca].[Fe].[Mg].[Na]. The zero-order valence-electron chi connectivity index (χ0n) is 2.77. The van der Waals surface area contributed by atoms with Crippen LogP contribution >= 0.6 is 0 Å². The summed E-state index contributed by atoms with van der Waals surface area (Å²) in [4.78, 5) is 0. The topological polar surface area (TPSA) is 0 Å². The molecule has 0 N–H and O–H groups in total. The van der Waals surface area contributed by atoms with Gasteiger partial charge in [0, 0.05) is 107 Å². The maximum absolute atomic E-state index is 0. The Hall–Kier alpha value is 3.55. The average Bonchev–Trinajstić information content (AvgIpc) is 0. The van der Waals surface area contributed by atoms with Gasteiger partial charge in [0.1, 0.15) is 0 Å². The summed E-state index contributed by atoms with van der Waals surface area (Å²) in [6, 6.07) is 0. The zero-order valence-corrected chi connectivity index (χ0v) is 9.49. The third kappa shape index (κ3) is 9.11. The van der Waals surface area contributed by atoms with Gasteiger partial charge in [-0.05, 0) is 0 Å². The average molecular weight is 143 g/mol. The summed E-state index contributed by atoms with van der Waals surface area (Å²) in [5.74, 6) is 0. The first-order valence-corrected chi connectivity index (χ1v) is 0. The molecular formula is CaFeMgNa. The van der Waals surface area contributed by atoms with Gasteiger partial charge in [0.15, 0.2) is 0 Å². The Labute approximate surface area is 105 Å². The van der Waals surface area contributed by atoms with E-state index in [9.17, 15) is 0 Å². The first-order valence-electron chi connectivity index (χ1n) is 0. The van der Waals surface area contributed by atoms with E-state index >= 15 is 0 Å². The van der Waals surface area contributed by atoms with Crippen molar-refractivity contribution in [1.82, 2.24) is 0 Å². The molecule has 0 atom stereocenters. The summed E-state index contributed by atoms with van der Waals surface area (Å²) in [6.07, 6.45) is 0. The molecular weight excluding hydrogens is 143 g/mol. The first-order chi connectivity index (χ1) is 0. The van der Waals surface area contributed by atoms with Crippen LogP contribution in [0.25, 0.3) is 0 Å². The maximum Gasteiger partial charge on any atom is 0 e. The van der Waals surface area contributed by atoms with Gasteiger partial charge in [0.2, 0.25) is 0 Å². The molecule has 0 unspecified atom stereocenters. The number of hydrogen-bond donors (Lipinski definition) is 0. The second-order valence-electron chi connectivity index (χ2n) is 0. The van der Waals surface area contributed by atoms with E-state index in [1.165, 1.54) is 0 Å². The predicted molar refractivity (Wildman–Crippen MR) is 17.3 cm³/mol. The minimum absolute atomic E-state index is 0. The van der Waals surface area contributed by atoms with Crippen LogP contribution in [0.4, 0.5) is 0 Å².